The van der Waals surface area contributed by atoms with E-state index in [1.807, 2.05) is 24.4 Å². The highest BCUT2D eigenvalue weighted by Gasteiger charge is 2.02. The molecule has 0 amide bonds. The number of hydrogen-bond acceptors (Lipinski definition) is 3. The molecule has 0 aliphatic heterocycles. The molecule has 0 saturated heterocycles. The first-order valence-corrected chi connectivity index (χ1v) is 5.88. The van der Waals surface area contributed by atoms with Gasteiger partial charge in [-0.2, -0.15) is 16.6 Å². The Kier molecular flexibility index (Phi) is 3.23. The number of aryl methyl sites for hydroxylation is 1. The molecule has 2 nitrogen and oxygen atoms in total. The summed E-state index contributed by atoms with van der Waals surface area (Å²) in [5, 5.41) is 12.9. The van der Waals surface area contributed by atoms with Crippen LogP contribution in [0, 0.1) is 18.3 Å². The van der Waals surface area contributed by atoms with Gasteiger partial charge in [0.2, 0.25) is 0 Å². The van der Waals surface area contributed by atoms with E-state index >= 15 is 0 Å². The largest absolute Gasteiger partial charge is 0.489 e. The highest BCUT2D eigenvalue weighted by molar-refractivity contribution is 7.07. The molecule has 0 N–H and O–H groups in total. The maximum atomic E-state index is 8.80. The third-order valence-electron chi connectivity index (χ3n) is 2.29. The lowest BCUT2D eigenvalue weighted by atomic mass is 10.1. The fourth-order valence-electron chi connectivity index (χ4n) is 1.36. The molecule has 0 aliphatic carbocycles. The van der Waals surface area contributed by atoms with Gasteiger partial charge < -0.3 is 4.74 Å². The summed E-state index contributed by atoms with van der Waals surface area (Å²) >= 11 is 1.65. The van der Waals surface area contributed by atoms with Crippen LogP contribution in [0.5, 0.6) is 5.75 Å². The molecule has 2 aromatic rings. The predicted octanol–water partition coefficient (Wildman–Crippen LogP) is 3.51. The van der Waals surface area contributed by atoms with E-state index in [9.17, 15) is 0 Å². The van der Waals surface area contributed by atoms with Gasteiger partial charge in [-0.3, -0.25) is 0 Å². The molecule has 0 unspecified atom stereocenters. The smallest absolute Gasteiger partial charge is 0.124 e. The van der Waals surface area contributed by atoms with Crippen LogP contribution in [0.4, 0.5) is 0 Å². The first-order chi connectivity index (χ1) is 7.79. The maximum Gasteiger partial charge on any atom is 0.124 e. The van der Waals surface area contributed by atoms with Crippen molar-refractivity contribution in [3.8, 4) is 11.8 Å². The average molecular weight is 229 g/mol. The van der Waals surface area contributed by atoms with Crippen molar-refractivity contribution in [3.05, 3.63) is 51.7 Å². The van der Waals surface area contributed by atoms with Crippen LogP contribution in [-0.2, 0) is 6.61 Å². The van der Waals surface area contributed by atoms with Gasteiger partial charge in [-0.1, -0.05) is 6.07 Å². The molecule has 2 rings (SSSR count). The fourth-order valence-corrected chi connectivity index (χ4v) is 2.01. The van der Waals surface area contributed by atoms with Crippen molar-refractivity contribution in [2.24, 2.45) is 0 Å². The van der Waals surface area contributed by atoms with E-state index in [1.54, 1.807) is 23.5 Å². The number of ether oxygens (including phenoxy) is 1. The van der Waals surface area contributed by atoms with E-state index in [2.05, 4.69) is 11.4 Å². The Morgan fingerprint density at radius 1 is 1.38 bits per heavy atom. The Hall–Kier alpha value is -1.79. The zero-order chi connectivity index (χ0) is 11.4. The molecule has 1 aromatic heterocycles. The van der Waals surface area contributed by atoms with Gasteiger partial charge in [0.05, 0.1) is 11.6 Å². The van der Waals surface area contributed by atoms with Crippen LogP contribution >= 0.6 is 11.3 Å². The molecule has 0 saturated carbocycles. The number of nitriles is 1. The SMILES string of the molecule is Cc1ccc(C#N)cc1OCc1ccsc1. The van der Waals surface area contributed by atoms with Gasteiger partial charge in [0.15, 0.2) is 0 Å². The molecule has 0 spiro atoms. The maximum absolute atomic E-state index is 8.80. The van der Waals surface area contributed by atoms with Crippen molar-refractivity contribution in [3.63, 3.8) is 0 Å². The molecule has 0 aliphatic rings. The average Bonchev–Trinajstić information content (AvgIpc) is 2.81. The third kappa shape index (κ3) is 2.41. The first-order valence-electron chi connectivity index (χ1n) is 4.94. The van der Waals surface area contributed by atoms with Crippen molar-refractivity contribution >= 4 is 11.3 Å². The summed E-state index contributed by atoms with van der Waals surface area (Å²) in [6.07, 6.45) is 0. The molecule has 80 valence electrons. The van der Waals surface area contributed by atoms with Crippen molar-refractivity contribution in [2.75, 3.05) is 0 Å². The van der Waals surface area contributed by atoms with Gasteiger partial charge in [0.25, 0.3) is 0 Å². The van der Waals surface area contributed by atoms with Crippen LogP contribution in [0.25, 0.3) is 0 Å². The minimum Gasteiger partial charge on any atom is -0.489 e. The quantitative estimate of drug-likeness (QED) is 0.807. The molecular formula is C13H11NOS. The van der Waals surface area contributed by atoms with Crippen LogP contribution in [0.3, 0.4) is 0 Å². The van der Waals surface area contributed by atoms with E-state index in [0.29, 0.717) is 12.2 Å². The van der Waals surface area contributed by atoms with E-state index in [-0.39, 0.29) is 0 Å². The Morgan fingerprint density at radius 2 is 2.25 bits per heavy atom. The summed E-state index contributed by atoms with van der Waals surface area (Å²) in [5.74, 6) is 0.783. The lowest BCUT2D eigenvalue weighted by Gasteiger charge is -2.08. The van der Waals surface area contributed by atoms with E-state index in [4.69, 9.17) is 10.00 Å². The zero-order valence-corrected chi connectivity index (χ0v) is 9.75. The highest BCUT2D eigenvalue weighted by atomic mass is 32.1. The minimum absolute atomic E-state index is 0.555. The summed E-state index contributed by atoms with van der Waals surface area (Å²) in [4.78, 5) is 0. The summed E-state index contributed by atoms with van der Waals surface area (Å²) in [6.45, 7) is 2.53. The molecule has 3 heteroatoms. The van der Waals surface area contributed by atoms with Crippen LogP contribution in [0.15, 0.2) is 35.0 Å². The second-order valence-corrected chi connectivity index (χ2v) is 4.29. The van der Waals surface area contributed by atoms with Gasteiger partial charge in [0, 0.05) is 0 Å². The lowest BCUT2D eigenvalue weighted by molar-refractivity contribution is 0.304. The topological polar surface area (TPSA) is 33.0 Å². The van der Waals surface area contributed by atoms with Crippen molar-refractivity contribution in [2.45, 2.75) is 13.5 Å². The second-order valence-electron chi connectivity index (χ2n) is 3.51. The van der Waals surface area contributed by atoms with Gasteiger partial charge in [0.1, 0.15) is 12.4 Å². The van der Waals surface area contributed by atoms with Gasteiger partial charge in [-0.15, -0.1) is 0 Å². The van der Waals surface area contributed by atoms with Gasteiger partial charge >= 0.3 is 0 Å². The fraction of sp³-hybridized carbons (Fsp3) is 0.154. The molecule has 0 atom stereocenters. The molecule has 1 aromatic carbocycles. The summed E-state index contributed by atoms with van der Waals surface area (Å²) in [6, 6.07) is 9.63. The van der Waals surface area contributed by atoms with E-state index in [0.717, 1.165) is 16.9 Å². The summed E-state index contributed by atoms with van der Waals surface area (Å²) < 4.78 is 5.68. The Bertz CT molecular complexity index is 511. The standard InChI is InChI=1S/C13H11NOS/c1-10-2-3-11(7-14)6-13(10)15-8-12-4-5-16-9-12/h2-6,9H,8H2,1H3. The number of rotatable bonds is 3. The molecular weight excluding hydrogens is 218 g/mol. The van der Waals surface area contributed by atoms with Crippen molar-refractivity contribution < 1.29 is 4.74 Å². The highest BCUT2D eigenvalue weighted by Crippen LogP contribution is 2.20. The van der Waals surface area contributed by atoms with Gasteiger partial charge in [-0.05, 0) is 47.0 Å². The van der Waals surface area contributed by atoms with Gasteiger partial charge in [-0.25, -0.2) is 0 Å². The second kappa shape index (κ2) is 4.82. The lowest BCUT2D eigenvalue weighted by Crippen LogP contribution is -1.96. The van der Waals surface area contributed by atoms with E-state index in [1.165, 1.54) is 0 Å². The van der Waals surface area contributed by atoms with Crippen LogP contribution < -0.4 is 4.74 Å². The monoisotopic (exact) mass is 229 g/mol. The number of thiophene rings is 1. The number of hydrogen-bond donors (Lipinski definition) is 0. The summed E-state index contributed by atoms with van der Waals surface area (Å²) in [7, 11) is 0. The third-order valence-corrected chi connectivity index (χ3v) is 3.02. The molecule has 0 bridgehead atoms. The van der Waals surface area contributed by atoms with Crippen molar-refractivity contribution in [1.82, 2.24) is 0 Å². The Labute approximate surface area is 98.7 Å². The molecule has 1 heterocycles. The number of benzene rings is 1. The van der Waals surface area contributed by atoms with Crippen molar-refractivity contribution in [1.29, 1.82) is 5.26 Å². The summed E-state index contributed by atoms with van der Waals surface area (Å²) in [5.41, 5.74) is 2.84. The normalized spacial score (nSPS) is 9.75. The first kappa shape index (κ1) is 10.7. The number of nitrogens with zero attached hydrogens (tertiary/aromatic N) is 1. The Balaban J connectivity index is 2.12. The zero-order valence-electron chi connectivity index (χ0n) is 8.93. The van der Waals surface area contributed by atoms with Crippen LogP contribution in [0.2, 0.25) is 0 Å². The predicted molar refractivity (Wildman–Crippen MR) is 64.5 cm³/mol. The Morgan fingerprint density at radius 3 is 2.94 bits per heavy atom. The van der Waals surface area contributed by atoms with E-state index < -0.39 is 0 Å². The van der Waals surface area contributed by atoms with Crippen LogP contribution in [-0.4, -0.2) is 0 Å². The minimum atomic E-state index is 0.555. The molecule has 0 fully saturated rings. The molecule has 16 heavy (non-hydrogen) atoms. The van der Waals surface area contributed by atoms with Crippen LogP contribution in [0.1, 0.15) is 16.7 Å². The molecule has 0 radical (unpaired) electrons.